The maximum Gasteiger partial charge on any atom is 0.258 e. The van der Waals surface area contributed by atoms with Gasteiger partial charge < -0.3 is 29.2 Å². The van der Waals surface area contributed by atoms with Gasteiger partial charge in [-0.25, -0.2) is 0 Å². The maximum absolute atomic E-state index is 12.3. The second kappa shape index (κ2) is 8.51. The summed E-state index contributed by atoms with van der Waals surface area (Å²) in [6, 6.07) is 10.5. The fraction of sp³-hybridized carbons (Fsp3) is 0.300. The third kappa shape index (κ3) is 4.28. The van der Waals surface area contributed by atoms with Crippen molar-refractivity contribution in [3.8, 4) is 23.0 Å². The van der Waals surface area contributed by atoms with Gasteiger partial charge in [0.1, 0.15) is 0 Å². The lowest BCUT2D eigenvalue weighted by Gasteiger charge is -2.17. The first-order valence-corrected chi connectivity index (χ1v) is 8.66. The van der Waals surface area contributed by atoms with E-state index in [4.69, 9.17) is 18.9 Å². The molecule has 0 aromatic heterocycles. The summed E-state index contributed by atoms with van der Waals surface area (Å²) in [5.74, 6) is 1.40. The van der Waals surface area contributed by atoms with Gasteiger partial charge in [0, 0.05) is 20.6 Å². The molecular formula is C20H22N2O6. The molecular weight excluding hydrogens is 364 g/mol. The minimum Gasteiger partial charge on any atom is -0.493 e. The molecule has 148 valence electrons. The van der Waals surface area contributed by atoms with E-state index in [1.54, 1.807) is 38.4 Å². The maximum atomic E-state index is 12.3. The molecule has 0 saturated heterocycles. The number of methoxy groups -OCH3 is 1. The van der Waals surface area contributed by atoms with Crippen molar-refractivity contribution >= 4 is 11.8 Å². The van der Waals surface area contributed by atoms with Crippen molar-refractivity contribution in [2.75, 3.05) is 34.6 Å². The van der Waals surface area contributed by atoms with Crippen LogP contribution >= 0.6 is 0 Å². The monoisotopic (exact) mass is 386 g/mol. The molecule has 0 radical (unpaired) electrons. The van der Waals surface area contributed by atoms with Crippen LogP contribution in [-0.4, -0.2) is 51.3 Å². The summed E-state index contributed by atoms with van der Waals surface area (Å²) in [5.41, 5.74) is 1.20. The van der Waals surface area contributed by atoms with Crippen molar-refractivity contribution < 1.29 is 28.5 Å². The predicted octanol–water partition coefficient (Wildman–Crippen LogP) is 1.82. The van der Waals surface area contributed by atoms with Crippen LogP contribution in [0.4, 0.5) is 0 Å². The van der Waals surface area contributed by atoms with E-state index < -0.39 is 0 Å². The number of hydrogen-bond donors (Lipinski definition) is 1. The summed E-state index contributed by atoms with van der Waals surface area (Å²) in [6.07, 6.45) is 0. The van der Waals surface area contributed by atoms with Crippen LogP contribution in [0.2, 0.25) is 0 Å². The summed E-state index contributed by atoms with van der Waals surface area (Å²) in [4.78, 5) is 26.0. The molecule has 1 heterocycles. The Bertz CT molecular complexity index is 881. The Labute approximate surface area is 162 Å². The molecule has 0 saturated carbocycles. The number of amides is 2. The Morgan fingerprint density at radius 1 is 1.14 bits per heavy atom. The van der Waals surface area contributed by atoms with Crippen molar-refractivity contribution in [1.29, 1.82) is 0 Å². The first-order valence-electron chi connectivity index (χ1n) is 8.66. The van der Waals surface area contributed by atoms with E-state index >= 15 is 0 Å². The molecule has 1 aliphatic heterocycles. The standard InChI is InChI=1S/C20H22N2O6/c1-22(2)20(24)14-5-4-6-16(25-3)19(14)26-11-18(23)21-10-13-7-8-15-17(9-13)28-12-27-15/h4-9H,10-12H2,1-3H3,(H,21,23). The molecule has 0 spiro atoms. The van der Waals surface area contributed by atoms with Gasteiger partial charge in [-0.3, -0.25) is 9.59 Å². The number of rotatable bonds is 7. The molecule has 0 fully saturated rings. The van der Waals surface area contributed by atoms with E-state index in [1.165, 1.54) is 12.0 Å². The summed E-state index contributed by atoms with van der Waals surface area (Å²) in [6.45, 7) is 0.263. The lowest BCUT2D eigenvalue weighted by atomic mass is 10.1. The molecule has 0 aliphatic carbocycles. The number of ether oxygens (including phenoxy) is 4. The van der Waals surface area contributed by atoms with Gasteiger partial charge in [0.25, 0.3) is 11.8 Å². The minimum absolute atomic E-state index is 0.200. The molecule has 0 bridgehead atoms. The summed E-state index contributed by atoms with van der Waals surface area (Å²) >= 11 is 0. The first kappa shape index (κ1) is 19.3. The van der Waals surface area contributed by atoms with Crippen LogP contribution in [0.3, 0.4) is 0 Å². The van der Waals surface area contributed by atoms with Crippen LogP contribution in [0.25, 0.3) is 0 Å². The molecule has 28 heavy (non-hydrogen) atoms. The number of benzene rings is 2. The molecule has 2 aromatic carbocycles. The average molecular weight is 386 g/mol. The van der Waals surface area contributed by atoms with Crippen LogP contribution in [0.1, 0.15) is 15.9 Å². The van der Waals surface area contributed by atoms with Crippen molar-refractivity contribution in [3.63, 3.8) is 0 Å². The number of para-hydroxylation sites is 1. The molecule has 0 atom stereocenters. The number of hydrogen-bond acceptors (Lipinski definition) is 6. The Balaban J connectivity index is 1.62. The smallest absolute Gasteiger partial charge is 0.258 e. The van der Waals surface area contributed by atoms with Gasteiger partial charge in [0.05, 0.1) is 12.7 Å². The van der Waals surface area contributed by atoms with E-state index in [0.717, 1.165) is 5.56 Å². The van der Waals surface area contributed by atoms with E-state index in [-0.39, 0.29) is 31.0 Å². The molecule has 1 aliphatic rings. The Hall–Kier alpha value is -3.42. The Morgan fingerprint density at radius 2 is 1.93 bits per heavy atom. The second-order valence-electron chi connectivity index (χ2n) is 6.29. The van der Waals surface area contributed by atoms with Crippen LogP contribution in [0.15, 0.2) is 36.4 Å². The van der Waals surface area contributed by atoms with Gasteiger partial charge in [-0.05, 0) is 29.8 Å². The molecule has 0 unspecified atom stereocenters. The van der Waals surface area contributed by atoms with Gasteiger partial charge in [0.15, 0.2) is 29.6 Å². The number of carbonyl (C=O) groups excluding carboxylic acids is 2. The predicted molar refractivity (Wildman–Crippen MR) is 101 cm³/mol. The van der Waals surface area contributed by atoms with E-state index in [9.17, 15) is 9.59 Å². The lowest BCUT2D eigenvalue weighted by Crippen LogP contribution is -2.29. The number of carbonyl (C=O) groups is 2. The fourth-order valence-corrected chi connectivity index (χ4v) is 2.68. The number of fused-ring (bicyclic) bond motifs is 1. The molecule has 1 N–H and O–H groups in total. The second-order valence-corrected chi connectivity index (χ2v) is 6.29. The third-order valence-corrected chi connectivity index (χ3v) is 4.11. The zero-order valence-corrected chi connectivity index (χ0v) is 16.0. The Morgan fingerprint density at radius 3 is 2.68 bits per heavy atom. The SMILES string of the molecule is COc1cccc(C(=O)N(C)C)c1OCC(=O)NCc1ccc2c(c1)OCO2. The van der Waals surface area contributed by atoms with Crippen molar-refractivity contribution in [2.24, 2.45) is 0 Å². The highest BCUT2D eigenvalue weighted by atomic mass is 16.7. The van der Waals surface area contributed by atoms with Gasteiger partial charge in [0.2, 0.25) is 6.79 Å². The van der Waals surface area contributed by atoms with E-state index in [1.807, 2.05) is 12.1 Å². The van der Waals surface area contributed by atoms with Gasteiger partial charge in [-0.1, -0.05) is 12.1 Å². The van der Waals surface area contributed by atoms with Crippen LogP contribution < -0.4 is 24.3 Å². The zero-order chi connectivity index (χ0) is 20.1. The van der Waals surface area contributed by atoms with Gasteiger partial charge in [-0.2, -0.15) is 0 Å². The molecule has 2 amide bonds. The van der Waals surface area contributed by atoms with Gasteiger partial charge in [-0.15, -0.1) is 0 Å². The summed E-state index contributed by atoms with van der Waals surface area (Å²) < 4.78 is 21.5. The Kier molecular flexibility index (Phi) is 5.88. The summed E-state index contributed by atoms with van der Waals surface area (Å²) in [5, 5.41) is 2.77. The van der Waals surface area contributed by atoms with Crippen molar-refractivity contribution in [2.45, 2.75) is 6.54 Å². The minimum atomic E-state index is -0.327. The molecule has 8 heteroatoms. The highest BCUT2D eigenvalue weighted by Gasteiger charge is 2.19. The zero-order valence-electron chi connectivity index (χ0n) is 16.0. The van der Waals surface area contributed by atoms with Crippen LogP contribution in [0.5, 0.6) is 23.0 Å². The van der Waals surface area contributed by atoms with E-state index in [2.05, 4.69) is 5.32 Å². The topological polar surface area (TPSA) is 86.3 Å². The van der Waals surface area contributed by atoms with E-state index in [0.29, 0.717) is 29.4 Å². The fourth-order valence-electron chi connectivity index (χ4n) is 2.68. The number of nitrogens with zero attached hydrogens (tertiary/aromatic N) is 1. The first-order chi connectivity index (χ1) is 13.5. The van der Waals surface area contributed by atoms with Gasteiger partial charge >= 0.3 is 0 Å². The van der Waals surface area contributed by atoms with Crippen molar-refractivity contribution in [3.05, 3.63) is 47.5 Å². The lowest BCUT2D eigenvalue weighted by molar-refractivity contribution is -0.123. The molecule has 2 aromatic rings. The quantitative estimate of drug-likeness (QED) is 0.781. The normalized spacial score (nSPS) is 11.7. The van der Waals surface area contributed by atoms with Crippen molar-refractivity contribution in [1.82, 2.24) is 10.2 Å². The van der Waals surface area contributed by atoms with Crippen LogP contribution in [0, 0.1) is 0 Å². The third-order valence-electron chi connectivity index (χ3n) is 4.11. The summed E-state index contributed by atoms with van der Waals surface area (Å²) in [7, 11) is 4.76. The molecule has 8 nitrogen and oxygen atoms in total. The highest BCUT2D eigenvalue weighted by molar-refractivity contribution is 5.97. The van der Waals surface area contributed by atoms with Crippen LogP contribution in [-0.2, 0) is 11.3 Å². The molecule has 3 rings (SSSR count). The highest BCUT2D eigenvalue weighted by Crippen LogP contribution is 2.33. The average Bonchev–Trinajstić information content (AvgIpc) is 3.17. The largest absolute Gasteiger partial charge is 0.493 e. The number of nitrogens with one attached hydrogen (secondary N) is 1.